The predicted molar refractivity (Wildman–Crippen MR) is 72.4 cm³/mol. The average Bonchev–Trinajstić information content (AvgIpc) is 2.79. The number of nitrogens with zero attached hydrogens (tertiary/aromatic N) is 1. The van der Waals surface area contributed by atoms with Crippen LogP contribution >= 0.6 is 12.6 Å². The maximum atomic E-state index is 11.9. The molecule has 0 saturated carbocycles. The highest BCUT2D eigenvalue weighted by Crippen LogP contribution is 2.26. The largest absolute Gasteiger partial charge is 0.312 e. The number of nitrogens with two attached hydrogens (primary N) is 1. The lowest BCUT2D eigenvalue weighted by atomic mass is 10.1. The fourth-order valence-corrected chi connectivity index (χ4v) is 2.30. The van der Waals surface area contributed by atoms with Gasteiger partial charge in [-0.15, -0.1) is 0 Å². The van der Waals surface area contributed by atoms with Crippen LogP contribution in [0.5, 0.6) is 0 Å². The molecule has 0 spiro atoms. The average molecular weight is 265 g/mol. The molecule has 2 rings (SSSR count). The summed E-state index contributed by atoms with van der Waals surface area (Å²) in [5.41, 5.74) is 3.24. The second-order valence-electron chi connectivity index (χ2n) is 4.28. The molecule has 5 nitrogen and oxygen atoms in total. The lowest BCUT2D eigenvalue weighted by molar-refractivity contribution is -0.117. The minimum absolute atomic E-state index is 0.0688. The number of nitrogen functional groups attached to an aromatic ring is 1. The van der Waals surface area contributed by atoms with Crippen LogP contribution in [0.3, 0.4) is 0 Å². The molecule has 18 heavy (non-hydrogen) atoms. The fraction of sp³-hybridized carbons (Fsp3) is 0.333. The topological polar surface area (TPSA) is 75.4 Å². The Morgan fingerprint density at radius 1 is 1.56 bits per heavy atom. The van der Waals surface area contributed by atoms with E-state index in [4.69, 9.17) is 5.84 Å². The van der Waals surface area contributed by atoms with Gasteiger partial charge in [-0.2, -0.15) is 12.6 Å². The molecule has 0 aliphatic carbocycles. The van der Waals surface area contributed by atoms with Gasteiger partial charge in [0.15, 0.2) is 0 Å². The minimum Gasteiger partial charge on any atom is -0.312 e. The SMILES string of the molecule is NNC(=O)c1cccc(N2CC(CS)CC2=O)c1. The molecule has 0 radical (unpaired) electrons. The Kier molecular flexibility index (Phi) is 3.88. The molecule has 6 heteroatoms. The van der Waals surface area contributed by atoms with E-state index in [1.165, 1.54) is 0 Å². The van der Waals surface area contributed by atoms with E-state index >= 15 is 0 Å². The summed E-state index contributed by atoms with van der Waals surface area (Å²) in [7, 11) is 0. The minimum atomic E-state index is -0.366. The van der Waals surface area contributed by atoms with E-state index in [-0.39, 0.29) is 17.7 Å². The number of thiol groups is 1. The molecule has 96 valence electrons. The zero-order valence-electron chi connectivity index (χ0n) is 9.80. The molecule has 1 aromatic rings. The van der Waals surface area contributed by atoms with Crippen molar-refractivity contribution < 1.29 is 9.59 Å². The summed E-state index contributed by atoms with van der Waals surface area (Å²) in [6.07, 6.45) is 0.511. The van der Waals surface area contributed by atoms with E-state index in [2.05, 4.69) is 18.1 Å². The zero-order chi connectivity index (χ0) is 13.1. The van der Waals surface area contributed by atoms with E-state index < -0.39 is 0 Å². The van der Waals surface area contributed by atoms with Gasteiger partial charge in [-0.3, -0.25) is 15.0 Å². The van der Waals surface area contributed by atoms with Crippen molar-refractivity contribution in [3.05, 3.63) is 29.8 Å². The Balaban J connectivity index is 2.24. The van der Waals surface area contributed by atoms with Gasteiger partial charge < -0.3 is 4.90 Å². The molecule has 3 N–H and O–H groups in total. The van der Waals surface area contributed by atoms with Crippen molar-refractivity contribution in [2.75, 3.05) is 17.2 Å². The summed E-state index contributed by atoms with van der Waals surface area (Å²) in [5.74, 6) is 5.75. The molecular weight excluding hydrogens is 250 g/mol. The molecule has 1 aliphatic heterocycles. The molecule has 1 saturated heterocycles. The van der Waals surface area contributed by atoms with Crippen LogP contribution in [-0.2, 0) is 4.79 Å². The summed E-state index contributed by atoms with van der Waals surface area (Å²) in [6.45, 7) is 0.649. The quantitative estimate of drug-likeness (QED) is 0.324. The van der Waals surface area contributed by atoms with Gasteiger partial charge in [0.1, 0.15) is 0 Å². The summed E-state index contributed by atoms with van der Waals surface area (Å²) in [6, 6.07) is 6.87. The summed E-state index contributed by atoms with van der Waals surface area (Å²) < 4.78 is 0. The van der Waals surface area contributed by atoms with E-state index in [0.717, 1.165) is 5.69 Å². The number of carbonyl (C=O) groups excluding carboxylic acids is 2. The van der Waals surface area contributed by atoms with E-state index in [1.807, 2.05) is 6.07 Å². The zero-order valence-corrected chi connectivity index (χ0v) is 10.7. The smallest absolute Gasteiger partial charge is 0.265 e. The maximum Gasteiger partial charge on any atom is 0.265 e. The molecule has 0 aromatic heterocycles. The lowest BCUT2D eigenvalue weighted by Crippen LogP contribution is -2.30. The first-order chi connectivity index (χ1) is 8.65. The normalized spacial score (nSPS) is 19.1. The molecular formula is C12H15N3O2S. The Hall–Kier alpha value is -1.53. The van der Waals surface area contributed by atoms with Gasteiger partial charge in [0.05, 0.1) is 0 Å². The van der Waals surface area contributed by atoms with E-state index in [1.54, 1.807) is 23.1 Å². The third-order valence-corrected chi connectivity index (χ3v) is 3.53. The Bertz CT molecular complexity index is 478. The van der Waals surface area contributed by atoms with Gasteiger partial charge in [-0.25, -0.2) is 5.84 Å². The van der Waals surface area contributed by atoms with E-state index in [0.29, 0.717) is 24.3 Å². The number of amides is 2. The Morgan fingerprint density at radius 2 is 2.33 bits per heavy atom. The fourth-order valence-electron chi connectivity index (χ4n) is 2.05. The van der Waals surface area contributed by atoms with Gasteiger partial charge in [-0.05, 0) is 29.9 Å². The second-order valence-corrected chi connectivity index (χ2v) is 4.65. The van der Waals surface area contributed by atoms with Crippen LogP contribution in [0.1, 0.15) is 16.8 Å². The van der Waals surface area contributed by atoms with Gasteiger partial charge in [0, 0.05) is 24.2 Å². The van der Waals surface area contributed by atoms with Crippen LogP contribution in [-0.4, -0.2) is 24.1 Å². The van der Waals surface area contributed by atoms with Crippen LogP contribution in [0.15, 0.2) is 24.3 Å². The summed E-state index contributed by atoms with van der Waals surface area (Å²) >= 11 is 4.22. The second kappa shape index (κ2) is 5.41. The first-order valence-electron chi connectivity index (χ1n) is 5.68. The molecule has 1 aromatic carbocycles. The molecule has 1 atom stereocenters. The van der Waals surface area contributed by atoms with E-state index in [9.17, 15) is 9.59 Å². The molecule has 1 aliphatic rings. The summed E-state index contributed by atoms with van der Waals surface area (Å²) in [5, 5.41) is 0. The van der Waals surface area contributed by atoms with Gasteiger partial charge in [0.25, 0.3) is 5.91 Å². The van der Waals surface area contributed by atoms with Crippen LogP contribution in [0.25, 0.3) is 0 Å². The molecule has 2 amide bonds. The first kappa shape index (κ1) is 12.9. The number of rotatable bonds is 3. The highest BCUT2D eigenvalue weighted by molar-refractivity contribution is 7.80. The van der Waals surface area contributed by atoms with Gasteiger partial charge in [-0.1, -0.05) is 6.07 Å². The van der Waals surface area contributed by atoms with Crippen molar-refractivity contribution in [3.8, 4) is 0 Å². The molecule has 1 unspecified atom stereocenters. The van der Waals surface area contributed by atoms with Crippen LogP contribution in [0.2, 0.25) is 0 Å². The highest BCUT2D eigenvalue weighted by Gasteiger charge is 2.29. The van der Waals surface area contributed by atoms with Crippen molar-refractivity contribution in [1.29, 1.82) is 0 Å². The highest BCUT2D eigenvalue weighted by atomic mass is 32.1. The third-order valence-electron chi connectivity index (χ3n) is 3.01. The number of hydrazine groups is 1. The standard InChI is InChI=1S/C12H15N3O2S/c13-14-12(17)9-2-1-3-10(5-9)15-6-8(7-18)4-11(15)16/h1-3,5,8,18H,4,6-7,13H2,(H,14,17). The summed E-state index contributed by atoms with van der Waals surface area (Å²) in [4.78, 5) is 25.0. The van der Waals surface area contributed by atoms with Crippen molar-refractivity contribution in [2.45, 2.75) is 6.42 Å². The Labute approximate surface area is 111 Å². The van der Waals surface area contributed by atoms with Crippen molar-refractivity contribution in [3.63, 3.8) is 0 Å². The van der Waals surface area contributed by atoms with Gasteiger partial charge in [0.2, 0.25) is 5.91 Å². The number of nitrogens with one attached hydrogen (secondary N) is 1. The Morgan fingerprint density at radius 3 is 2.94 bits per heavy atom. The van der Waals surface area contributed by atoms with Gasteiger partial charge >= 0.3 is 0 Å². The molecule has 0 bridgehead atoms. The number of carbonyl (C=O) groups is 2. The number of anilines is 1. The van der Waals surface area contributed by atoms with Crippen LogP contribution in [0, 0.1) is 5.92 Å². The van der Waals surface area contributed by atoms with Crippen LogP contribution < -0.4 is 16.2 Å². The first-order valence-corrected chi connectivity index (χ1v) is 6.31. The number of hydrogen-bond acceptors (Lipinski definition) is 4. The van der Waals surface area contributed by atoms with Crippen LogP contribution in [0.4, 0.5) is 5.69 Å². The predicted octanol–water partition coefficient (Wildman–Crippen LogP) is 0.573. The van der Waals surface area contributed by atoms with Crippen molar-refractivity contribution in [1.82, 2.24) is 5.43 Å². The maximum absolute atomic E-state index is 11.9. The molecule has 1 heterocycles. The lowest BCUT2D eigenvalue weighted by Gasteiger charge is -2.17. The third kappa shape index (κ3) is 2.49. The van der Waals surface area contributed by atoms with Crippen molar-refractivity contribution >= 4 is 30.1 Å². The molecule has 1 fully saturated rings. The monoisotopic (exact) mass is 265 g/mol. The number of hydrogen-bond donors (Lipinski definition) is 3. The van der Waals surface area contributed by atoms with Crippen molar-refractivity contribution in [2.24, 2.45) is 11.8 Å². The number of benzene rings is 1.